The van der Waals surface area contributed by atoms with Crippen molar-refractivity contribution in [3.05, 3.63) is 70.8 Å². The van der Waals surface area contributed by atoms with Crippen molar-refractivity contribution >= 4 is 39.8 Å². The minimum absolute atomic E-state index is 0.0873. The average molecular weight is 521 g/mol. The standard InChI is InChI=1S/C25H29ClN2O6S/c1-25(2,3)34-24(30)28-16-20(27-35(31,32)22-12-9-19(26)10-13-22)15-21(28)11-8-17-6-5-7-18(14-17)23(29)33-4/h5-14,20-21,27H,15-16H2,1-4H3. The molecule has 2 aromatic carbocycles. The van der Waals surface area contributed by atoms with Crippen LogP contribution in [-0.2, 0) is 19.5 Å². The van der Waals surface area contributed by atoms with Crippen molar-refractivity contribution < 1.29 is 27.5 Å². The molecule has 2 aromatic rings. The van der Waals surface area contributed by atoms with Crippen LogP contribution in [0.1, 0.15) is 43.1 Å². The minimum Gasteiger partial charge on any atom is -0.465 e. The molecular formula is C25H29ClN2O6S. The summed E-state index contributed by atoms with van der Waals surface area (Å²) in [7, 11) is -2.50. The number of carbonyl (C=O) groups is 2. The van der Waals surface area contributed by atoms with Crippen molar-refractivity contribution in [3.8, 4) is 0 Å². The monoisotopic (exact) mass is 520 g/mol. The molecule has 1 heterocycles. The Morgan fingerprint density at radius 2 is 1.83 bits per heavy atom. The summed E-state index contributed by atoms with van der Waals surface area (Å²) in [6, 6.07) is 11.8. The van der Waals surface area contributed by atoms with Gasteiger partial charge in [0.25, 0.3) is 0 Å². The maximum absolute atomic E-state index is 12.9. The van der Waals surface area contributed by atoms with Gasteiger partial charge >= 0.3 is 12.1 Å². The largest absolute Gasteiger partial charge is 0.465 e. The van der Waals surface area contributed by atoms with E-state index in [-0.39, 0.29) is 11.4 Å². The first-order valence-corrected chi connectivity index (χ1v) is 12.9. The average Bonchev–Trinajstić information content (AvgIpc) is 3.18. The van der Waals surface area contributed by atoms with Crippen LogP contribution in [0.2, 0.25) is 5.02 Å². The van der Waals surface area contributed by atoms with Crippen LogP contribution in [-0.4, -0.2) is 56.7 Å². The van der Waals surface area contributed by atoms with Gasteiger partial charge in [0.2, 0.25) is 10.0 Å². The van der Waals surface area contributed by atoms with E-state index in [9.17, 15) is 18.0 Å². The molecule has 2 atom stereocenters. The van der Waals surface area contributed by atoms with Crippen LogP contribution in [0.3, 0.4) is 0 Å². The molecule has 0 aliphatic carbocycles. The maximum atomic E-state index is 12.9. The number of methoxy groups -OCH3 is 1. The summed E-state index contributed by atoms with van der Waals surface area (Å²) in [5, 5.41) is 0.433. The van der Waals surface area contributed by atoms with Gasteiger partial charge in [0.15, 0.2) is 0 Å². The van der Waals surface area contributed by atoms with Gasteiger partial charge in [-0.2, -0.15) is 0 Å². The molecule has 1 aliphatic heterocycles. The Balaban J connectivity index is 1.82. The number of esters is 1. The normalized spacial score (nSPS) is 18.6. The first-order valence-electron chi connectivity index (χ1n) is 11.0. The summed E-state index contributed by atoms with van der Waals surface area (Å²) in [6.45, 7) is 5.44. The second-order valence-corrected chi connectivity index (χ2v) is 11.3. The lowest BCUT2D eigenvalue weighted by Gasteiger charge is -2.27. The van der Waals surface area contributed by atoms with E-state index in [4.69, 9.17) is 21.1 Å². The molecule has 1 N–H and O–H groups in total. The number of amides is 1. The van der Waals surface area contributed by atoms with Gasteiger partial charge in [0.05, 0.1) is 23.6 Å². The molecule has 0 spiro atoms. The van der Waals surface area contributed by atoms with Gasteiger partial charge in [-0.05, 0) is 69.2 Å². The fourth-order valence-electron chi connectivity index (χ4n) is 3.67. The molecule has 1 saturated heterocycles. The van der Waals surface area contributed by atoms with Gasteiger partial charge < -0.3 is 14.4 Å². The highest BCUT2D eigenvalue weighted by atomic mass is 35.5. The van der Waals surface area contributed by atoms with Crippen LogP contribution in [0.5, 0.6) is 0 Å². The molecule has 0 saturated carbocycles. The SMILES string of the molecule is COC(=O)c1cccc(C=CC2CC(NS(=O)(=O)c3ccc(Cl)cc3)CN2C(=O)OC(C)(C)C)c1. The van der Waals surface area contributed by atoms with E-state index in [1.54, 1.807) is 51.1 Å². The van der Waals surface area contributed by atoms with Gasteiger partial charge in [0, 0.05) is 17.6 Å². The van der Waals surface area contributed by atoms with Crippen LogP contribution >= 0.6 is 11.6 Å². The lowest BCUT2D eigenvalue weighted by Crippen LogP contribution is -2.41. The Hall–Kier alpha value is -2.88. The molecular weight excluding hydrogens is 492 g/mol. The van der Waals surface area contributed by atoms with Crippen LogP contribution in [0.4, 0.5) is 4.79 Å². The predicted octanol–water partition coefficient (Wildman–Crippen LogP) is 4.50. The van der Waals surface area contributed by atoms with Gasteiger partial charge in [-0.25, -0.2) is 22.7 Å². The molecule has 188 valence electrons. The van der Waals surface area contributed by atoms with E-state index in [2.05, 4.69) is 4.72 Å². The van der Waals surface area contributed by atoms with Crippen molar-refractivity contribution in [2.45, 2.75) is 49.8 Å². The quantitative estimate of drug-likeness (QED) is 0.563. The Kier molecular flexibility index (Phi) is 8.25. The molecule has 2 unspecified atom stereocenters. The third-order valence-electron chi connectivity index (χ3n) is 5.24. The maximum Gasteiger partial charge on any atom is 0.410 e. The summed E-state index contributed by atoms with van der Waals surface area (Å²) in [6.07, 6.45) is 3.39. The number of likely N-dealkylation sites (tertiary alicyclic amines) is 1. The molecule has 0 radical (unpaired) electrons. The summed E-state index contributed by atoms with van der Waals surface area (Å²) in [5.41, 5.74) is 0.432. The highest BCUT2D eigenvalue weighted by molar-refractivity contribution is 7.89. The number of benzene rings is 2. The fourth-order valence-corrected chi connectivity index (χ4v) is 5.04. The van der Waals surface area contributed by atoms with Crippen LogP contribution in [0.15, 0.2) is 59.5 Å². The molecule has 8 nitrogen and oxygen atoms in total. The number of nitrogens with zero attached hydrogens (tertiary/aromatic N) is 1. The molecule has 1 aliphatic rings. The smallest absolute Gasteiger partial charge is 0.410 e. The second-order valence-electron chi connectivity index (χ2n) is 9.18. The van der Waals surface area contributed by atoms with E-state index >= 15 is 0 Å². The summed E-state index contributed by atoms with van der Waals surface area (Å²) in [4.78, 5) is 26.3. The number of hydrogen-bond acceptors (Lipinski definition) is 6. The van der Waals surface area contributed by atoms with Gasteiger partial charge in [-0.3, -0.25) is 0 Å². The molecule has 1 fully saturated rings. The number of carbonyl (C=O) groups excluding carboxylic acids is 2. The summed E-state index contributed by atoms with van der Waals surface area (Å²) < 4.78 is 38.7. The third-order valence-corrected chi connectivity index (χ3v) is 7.02. The summed E-state index contributed by atoms with van der Waals surface area (Å²) in [5.74, 6) is -0.451. The van der Waals surface area contributed by atoms with Crippen molar-refractivity contribution in [1.29, 1.82) is 0 Å². The van der Waals surface area contributed by atoms with E-state index in [0.717, 1.165) is 5.56 Å². The van der Waals surface area contributed by atoms with Gasteiger partial charge in [-0.1, -0.05) is 35.9 Å². The van der Waals surface area contributed by atoms with Gasteiger partial charge in [-0.15, -0.1) is 0 Å². The number of hydrogen-bond donors (Lipinski definition) is 1. The number of rotatable bonds is 6. The van der Waals surface area contributed by atoms with Crippen LogP contribution in [0, 0.1) is 0 Å². The van der Waals surface area contributed by atoms with E-state index in [0.29, 0.717) is 17.0 Å². The van der Waals surface area contributed by atoms with Gasteiger partial charge in [0.1, 0.15) is 5.60 Å². The molecule has 35 heavy (non-hydrogen) atoms. The number of ether oxygens (including phenoxy) is 2. The minimum atomic E-state index is -3.82. The summed E-state index contributed by atoms with van der Waals surface area (Å²) >= 11 is 5.87. The van der Waals surface area contributed by atoms with Crippen molar-refractivity contribution in [1.82, 2.24) is 9.62 Å². The molecule has 3 rings (SSSR count). The first kappa shape index (κ1) is 26.7. The molecule has 0 bridgehead atoms. The van der Waals surface area contributed by atoms with Crippen LogP contribution < -0.4 is 4.72 Å². The Morgan fingerprint density at radius 3 is 2.46 bits per heavy atom. The van der Waals surface area contributed by atoms with Crippen molar-refractivity contribution in [3.63, 3.8) is 0 Å². The zero-order valence-electron chi connectivity index (χ0n) is 20.0. The third kappa shape index (κ3) is 7.30. The van der Waals surface area contributed by atoms with E-state index < -0.39 is 39.8 Å². The predicted molar refractivity (Wildman–Crippen MR) is 134 cm³/mol. The van der Waals surface area contributed by atoms with Crippen molar-refractivity contribution in [2.24, 2.45) is 0 Å². The number of nitrogens with one attached hydrogen (secondary N) is 1. The lowest BCUT2D eigenvalue weighted by molar-refractivity contribution is 0.0253. The fraction of sp³-hybridized carbons (Fsp3) is 0.360. The Bertz CT molecular complexity index is 1210. The lowest BCUT2D eigenvalue weighted by atomic mass is 10.1. The zero-order chi connectivity index (χ0) is 25.8. The van der Waals surface area contributed by atoms with Crippen LogP contribution in [0.25, 0.3) is 6.08 Å². The second kappa shape index (κ2) is 10.8. The number of sulfonamides is 1. The Morgan fingerprint density at radius 1 is 1.14 bits per heavy atom. The zero-order valence-corrected chi connectivity index (χ0v) is 21.6. The Labute approximate surface area is 210 Å². The topological polar surface area (TPSA) is 102 Å². The van der Waals surface area contributed by atoms with Crippen molar-refractivity contribution in [2.75, 3.05) is 13.7 Å². The first-order chi connectivity index (χ1) is 16.4. The molecule has 10 heteroatoms. The highest BCUT2D eigenvalue weighted by Gasteiger charge is 2.38. The highest BCUT2D eigenvalue weighted by Crippen LogP contribution is 2.25. The van der Waals surface area contributed by atoms with E-state index in [1.807, 2.05) is 6.07 Å². The molecule has 0 aromatic heterocycles. The number of halogens is 1. The van der Waals surface area contributed by atoms with E-state index in [1.165, 1.54) is 36.3 Å². The molecule has 1 amide bonds.